The largest absolute Gasteiger partial charge is 0.494 e. The minimum Gasteiger partial charge on any atom is -0.494 e. The fourth-order valence-electron chi connectivity index (χ4n) is 1.34. The summed E-state index contributed by atoms with van der Waals surface area (Å²) in [5, 5.41) is 2.60. The molecule has 0 unspecified atom stereocenters. The molecule has 0 heterocycles. The predicted molar refractivity (Wildman–Crippen MR) is 65.4 cm³/mol. The number of anilines is 1. The topological polar surface area (TPSA) is 38.3 Å². The van der Waals surface area contributed by atoms with E-state index in [2.05, 4.69) is 19.2 Å². The lowest BCUT2D eigenvalue weighted by molar-refractivity contribution is -0.112. The van der Waals surface area contributed by atoms with Gasteiger partial charge in [-0.05, 0) is 30.7 Å². The van der Waals surface area contributed by atoms with Crippen molar-refractivity contribution in [3.63, 3.8) is 0 Å². The summed E-state index contributed by atoms with van der Waals surface area (Å²) >= 11 is 0. The first-order valence-corrected chi connectivity index (χ1v) is 5.58. The smallest absolute Gasteiger partial charge is 0.224 e. The molecule has 0 spiro atoms. The molecule has 0 aliphatic carbocycles. The van der Waals surface area contributed by atoms with Gasteiger partial charge in [0.2, 0.25) is 5.91 Å². The number of unbranched alkanes of at least 4 members (excludes halogenated alkanes) is 2. The van der Waals surface area contributed by atoms with Crippen LogP contribution in [0.25, 0.3) is 0 Å². The van der Waals surface area contributed by atoms with Gasteiger partial charge in [-0.2, -0.15) is 0 Å². The van der Waals surface area contributed by atoms with E-state index in [0.29, 0.717) is 0 Å². The van der Waals surface area contributed by atoms with Gasteiger partial charge < -0.3 is 10.1 Å². The number of hydrogen-bond donors (Lipinski definition) is 1. The molecule has 0 saturated heterocycles. The molecular weight excluding hydrogens is 202 g/mol. The third-order valence-electron chi connectivity index (χ3n) is 2.15. The van der Waals surface area contributed by atoms with E-state index in [4.69, 9.17) is 4.74 Å². The average Bonchev–Trinajstić information content (AvgIpc) is 2.26. The molecule has 0 fully saturated rings. The first-order valence-electron chi connectivity index (χ1n) is 5.58. The van der Waals surface area contributed by atoms with E-state index in [1.807, 2.05) is 12.1 Å². The third kappa shape index (κ3) is 4.82. The van der Waals surface area contributed by atoms with Gasteiger partial charge in [0.05, 0.1) is 6.61 Å². The molecule has 1 aromatic rings. The Labute approximate surface area is 96.8 Å². The molecule has 87 valence electrons. The fraction of sp³-hybridized carbons (Fsp3) is 0.385. The zero-order valence-electron chi connectivity index (χ0n) is 9.66. The van der Waals surface area contributed by atoms with Crippen molar-refractivity contribution >= 4 is 11.6 Å². The lowest BCUT2D eigenvalue weighted by Crippen LogP contribution is -2.05. The molecule has 16 heavy (non-hydrogen) atoms. The van der Waals surface area contributed by atoms with Crippen LogP contribution in [0, 0.1) is 6.92 Å². The van der Waals surface area contributed by atoms with E-state index in [0.717, 1.165) is 24.5 Å². The van der Waals surface area contributed by atoms with Crippen molar-refractivity contribution in [2.75, 3.05) is 11.9 Å². The number of nitrogens with one attached hydrogen (secondary N) is 1. The van der Waals surface area contributed by atoms with Crippen molar-refractivity contribution < 1.29 is 9.53 Å². The van der Waals surface area contributed by atoms with E-state index in [9.17, 15) is 4.79 Å². The molecule has 0 aliphatic heterocycles. The van der Waals surface area contributed by atoms with Gasteiger partial charge in [-0.15, -0.1) is 0 Å². The van der Waals surface area contributed by atoms with Crippen LogP contribution in [0.2, 0.25) is 0 Å². The Kier molecular flexibility index (Phi) is 5.40. The van der Waals surface area contributed by atoms with Crippen LogP contribution in [0.4, 0.5) is 5.69 Å². The lowest BCUT2D eigenvalue weighted by atomic mass is 10.2. The summed E-state index contributed by atoms with van der Waals surface area (Å²) in [6, 6.07) is 7.30. The zero-order chi connectivity index (χ0) is 11.8. The van der Waals surface area contributed by atoms with E-state index in [-0.39, 0.29) is 5.91 Å². The molecule has 0 atom stereocenters. The lowest BCUT2D eigenvalue weighted by Gasteiger charge is -2.07. The summed E-state index contributed by atoms with van der Waals surface area (Å²) in [5.74, 6) is 0.523. The number of carbonyl (C=O) groups excluding carboxylic acids is 1. The van der Waals surface area contributed by atoms with Gasteiger partial charge in [0.1, 0.15) is 5.75 Å². The third-order valence-corrected chi connectivity index (χ3v) is 2.15. The minimum absolute atomic E-state index is 0.309. The molecule has 1 aromatic carbocycles. The highest BCUT2D eigenvalue weighted by molar-refractivity contribution is 5.93. The van der Waals surface area contributed by atoms with Gasteiger partial charge in [0.25, 0.3) is 0 Å². The summed E-state index contributed by atoms with van der Waals surface area (Å²) in [6.07, 6.45) is 3.46. The maximum atomic E-state index is 10.7. The molecule has 3 nitrogen and oxygen atoms in total. The number of ether oxygens (including phenoxy) is 1. The minimum atomic E-state index is -0.309. The molecule has 0 saturated carbocycles. The first kappa shape index (κ1) is 12.6. The Morgan fingerprint density at radius 1 is 1.31 bits per heavy atom. The van der Waals surface area contributed by atoms with Crippen LogP contribution < -0.4 is 10.1 Å². The van der Waals surface area contributed by atoms with Gasteiger partial charge in [0.15, 0.2) is 0 Å². The standard InChI is InChI=1S/C13H18NO2/c1-3-4-5-10-16-13-8-6-12(7-9-13)14-11(2)15/h6-9H,2-5,10H2,1H3,(H,14,15). The van der Waals surface area contributed by atoms with E-state index < -0.39 is 0 Å². The Bertz CT molecular complexity index is 319. The van der Waals surface area contributed by atoms with E-state index >= 15 is 0 Å². The predicted octanol–water partition coefficient (Wildman–Crippen LogP) is 3.03. The maximum absolute atomic E-state index is 10.7. The Balaban J connectivity index is 2.36. The normalized spacial score (nSPS) is 9.88. The average molecular weight is 220 g/mol. The zero-order valence-corrected chi connectivity index (χ0v) is 9.66. The van der Waals surface area contributed by atoms with Gasteiger partial charge in [-0.1, -0.05) is 19.8 Å². The van der Waals surface area contributed by atoms with Crippen molar-refractivity contribution in [2.45, 2.75) is 26.2 Å². The van der Waals surface area contributed by atoms with Crippen molar-refractivity contribution in [3.05, 3.63) is 31.2 Å². The van der Waals surface area contributed by atoms with Crippen LogP contribution in [0.15, 0.2) is 24.3 Å². The molecule has 1 rings (SSSR count). The van der Waals surface area contributed by atoms with Crippen molar-refractivity contribution in [1.29, 1.82) is 0 Å². The molecule has 0 bridgehead atoms. The van der Waals surface area contributed by atoms with Crippen LogP contribution in [0.3, 0.4) is 0 Å². The number of hydrogen-bond acceptors (Lipinski definition) is 2. The number of benzene rings is 1. The summed E-state index contributed by atoms with van der Waals surface area (Å²) in [5.41, 5.74) is 0.737. The maximum Gasteiger partial charge on any atom is 0.224 e. The molecule has 1 amide bonds. The van der Waals surface area contributed by atoms with Crippen LogP contribution in [-0.4, -0.2) is 12.5 Å². The van der Waals surface area contributed by atoms with Crippen LogP contribution in [-0.2, 0) is 4.79 Å². The van der Waals surface area contributed by atoms with Gasteiger partial charge in [-0.3, -0.25) is 4.79 Å². The first-order chi connectivity index (χ1) is 7.72. The SMILES string of the molecule is [CH2]C(=O)Nc1ccc(OCCCCC)cc1. The second-order valence-corrected chi connectivity index (χ2v) is 3.63. The molecule has 0 aliphatic rings. The fourth-order valence-corrected chi connectivity index (χ4v) is 1.34. The van der Waals surface area contributed by atoms with Gasteiger partial charge in [-0.25, -0.2) is 0 Å². The molecular formula is C13H18NO2. The van der Waals surface area contributed by atoms with Crippen LogP contribution >= 0.6 is 0 Å². The molecule has 1 radical (unpaired) electrons. The summed E-state index contributed by atoms with van der Waals surface area (Å²) in [7, 11) is 0. The Hall–Kier alpha value is -1.51. The summed E-state index contributed by atoms with van der Waals surface area (Å²) in [6.45, 7) is 6.15. The highest BCUT2D eigenvalue weighted by Gasteiger charge is 1.96. The van der Waals surface area contributed by atoms with Crippen LogP contribution in [0.1, 0.15) is 26.2 Å². The summed E-state index contributed by atoms with van der Waals surface area (Å²) < 4.78 is 5.54. The highest BCUT2D eigenvalue weighted by Crippen LogP contribution is 2.15. The Morgan fingerprint density at radius 3 is 2.56 bits per heavy atom. The van der Waals surface area contributed by atoms with Crippen LogP contribution in [0.5, 0.6) is 5.75 Å². The van der Waals surface area contributed by atoms with Gasteiger partial charge in [0, 0.05) is 12.6 Å². The number of amides is 1. The molecule has 1 N–H and O–H groups in total. The van der Waals surface area contributed by atoms with Crippen molar-refractivity contribution in [1.82, 2.24) is 0 Å². The second-order valence-electron chi connectivity index (χ2n) is 3.63. The second kappa shape index (κ2) is 6.88. The number of rotatable bonds is 6. The van der Waals surface area contributed by atoms with Crippen molar-refractivity contribution in [3.8, 4) is 5.75 Å². The van der Waals surface area contributed by atoms with Gasteiger partial charge >= 0.3 is 0 Å². The molecule has 3 heteroatoms. The quantitative estimate of drug-likeness (QED) is 0.748. The summed E-state index contributed by atoms with van der Waals surface area (Å²) in [4.78, 5) is 10.7. The van der Waals surface area contributed by atoms with Crippen molar-refractivity contribution in [2.24, 2.45) is 0 Å². The monoisotopic (exact) mass is 220 g/mol. The van der Waals surface area contributed by atoms with E-state index in [1.165, 1.54) is 12.8 Å². The number of carbonyl (C=O) groups is 1. The highest BCUT2D eigenvalue weighted by atomic mass is 16.5. The molecule has 0 aromatic heterocycles. The Morgan fingerprint density at radius 2 is 2.00 bits per heavy atom. The van der Waals surface area contributed by atoms with E-state index in [1.54, 1.807) is 12.1 Å².